The van der Waals surface area contributed by atoms with E-state index in [4.69, 9.17) is 9.47 Å². The van der Waals surface area contributed by atoms with Crippen molar-refractivity contribution in [1.29, 1.82) is 0 Å². The van der Waals surface area contributed by atoms with Crippen molar-refractivity contribution in [1.82, 2.24) is 8.61 Å². The summed E-state index contributed by atoms with van der Waals surface area (Å²) in [6.45, 7) is 0.403. The van der Waals surface area contributed by atoms with Crippen LogP contribution in [0.2, 0.25) is 0 Å². The van der Waals surface area contributed by atoms with Crippen LogP contribution >= 0.6 is 22.3 Å². The number of nitrogens with zero attached hydrogens (tertiary/aromatic N) is 2. The second kappa shape index (κ2) is 8.15. The largest absolute Gasteiger partial charge is 0.497 e. The predicted octanol–water partition coefficient (Wildman–Crippen LogP) is 2.79. The van der Waals surface area contributed by atoms with E-state index >= 15 is 0 Å². The molecule has 1 fully saturated rings. The molecule has 1 atom stereocenters. The van der Waals surface area contributed by atoms with E-state index in [0.29, 0.717) is 21.9 Å². The van der Waals surface area contributed by atoms with Gasteiger partial charge in [-0.15, -0.1) is 11.3 Å². The van der Waals surface area contributed by atoms with Crippen molar-refractivity contribution in [3.63, 3.8) is 0 Å². The Bertz CT molecular complexity index is 812. The highest BCUT2D eigenvalue weighted by atomic mass is 32.3. The number of aliphatic hydroxyl groups is 1. The average Bonchev–Trinajstić information content (AvgIpc) is 3.20. The first-order chi connectivity index (χ1) is 12.9. The third kappa shape index (κ3) is 4.11. The highest BCUT2D eigenvalue weighted by Gasteiger charge is 2.43. The van der Waals surface area contributed by atoms with E-state index in [1.54, 1.807) is 37.4 Å². The third-order valence-corrected chi connectivity index (χ3v) is 7.28. The molecule has 1 aliphatic heterocycles. The fraction of sp³-hybridized carbons (Fsp3) is 0.353. The molecule has 0 amide bonds. The van der Waals surface area contributed by atoms with Gasteiger partial charge in [-0.25, -0.2) is 0 Å². The summed E-state index contributed by atoms with van der Waals surface area (Å²) in [4.78, 5) is 12.2. The van der Waals surface area contributed by atoms with Gasteiger partial charge in [0.15, 0.2) is 6.29 Å². The standard InChI is InChI=1S/C17H22N2O6S2/c1-24-13-4-3-12(16(7-13)25-2)8-19-17(21)10-18(27(19,22)23)9-14-5-6-15(11-20)26-14/h3-7,11,17,21-23H,8-10H2,1-2H3. The number of aldehydes is 1. The van der Waals surface area contributed by atoms with Gasteiger partial charge < -0.3 is 14.6 Å². The molecule has 27 heavy (non-hydrogen) atoms. The number of aliphatic hydroxyl groups excluding tert-OH is 1. The second-order valence-corrected chi connectivity index (χ2v) is 9.13. The van der Waals surface area contributed by atoms with Gasteiger partial charge in [-0.3, -0.25) is 13.9 Å². The molecule has 0 bridgehead atoms. The van der Waals surface area contributed by atoms with E-state index in [9.17, 15) is 19.0 Å². The molecule has 1 unspecified atom stereocenters. The Hall–Kier alpha value is -1.66. The highest BCUT2D eigenvalue weighted by molar-refractivity contribution is 8.20. The smallest absolute Gasteiger partial charge is 0.160 e. The predicted molar refractivity (Wildman–Crippen MR) is 104 cm³/mol. The molecule has 3 N–H and O–H groups in total. The number of methoxy groups -OCH3 is 2. The average molecular weight is 415 g/mol. The maximum Gasteiger partial charge on any atom is 0.160 e. The Morgan fingerprint density at radius 2 is 2.00 bits per heavy atom. The molecule has 10 heteroatoms. The Morgan fingerprint density at radius 1 is 1.22 bits per heavy atom. The maximum absolute atomic E-state index is 10.8. The summed E-state index contributed by atoms with van der Waals surface area (Å²) in [6.07, 6.45) is -0.292. The first-order valence-electron chi connectivity index (χ1n) is 8.12. The van der Waals surface area contributed by atoms with Gasteiger partial charge in [0, 0.05) is 16.5 Å². The molecule has 1 aromatic heterocycles. The molecule has 2 heterocycles. The molecular weight excluding hydrogens is 392 g/mol. The van der Waals surface area contributed by atoms with E-state index in [1.165, 1.54) is 27.1 Å². The van der Waals surface area contributed by atoms with Crippen LogP contribution in [0.3, 0.4) is 0 Å². The first kappa shape index (κ1) is 20.1. The van der Waals surface area contributed by atoms with Crippen molar-refractivity contribution in [2.24, 2.45) is 0 Å². The number of hydrogen-bond donors (Lipinski definition) is 3. The summed E-state index contributed by atoms with van der Waals surface area (Å²) in [5, 5.41) is 10.4. The number of ether oxygens (including phenoxy) is 2. The molecule has 0 spiro atoms. The Labute approximate surface area is 163 Å². The van der Waals surface area contributed by atoms with E-state index in [0.717, 1.165) is 11.2 Å². The monoisotopic (exact) mass is 414 g/mol. The number of carbonyl (C=O) groups is 1. The fourth-order valence-electron chi connectivity index (χ4n) is 2.89. The molecule has 0 aliphatic carbocycles. The summed E-state index contributed by atoms with van der Waals surface area (Å²) < 4.78 is 34.7. The van der Waals surface area contributed by atoms with Crippen LogP contribution in [0, 0.1) is 0 Å². The zero-order chi connectivity index (χ0) is 19.6. The molecule has 148 valence electrons. The van der Waals surface area contributed by atoms with E-state index < -0.39 is 17.2 Å². The molecule has 1 aromatic carbocycles. The van der Waals surface area contributed by atoms with Crippen LogP contribution in [0.5, 0.6) is 11.5 Å². The van der Waals surface area contributed by atoms with Crippen LogP contribution in [-0.4, -0.2) is 56.1 Å². The van der Waals surface area contributed by atoms with Gasteiger partial charge in [-0.05, 0) is 18.2 Å². The van der Waals surface area contributed by atoms with E-state index in [2.05, 4.69) is 0 Å². The summed E-state index contributed by atoms with van der Waals surface area (Å²) in [5.74, 6) is 1.15. The van der Waals surface area contributed by atoms with E-state index in [1.807, 2.05) is 0 Å². The summed E-state index contributed by atoms with van der Waals surface area (Å²) in [6, 6.07) is 8.67. The van der Waals surface area contributed by atoms with Crippen molar-refractivity contribution in [2.45, 2.75) is 19.3 Å². The molecule has 0 radical (unpaired) electrons. The van der Waals surface area contributed by atoms with Crippen molar-refractivity contribution in [3.8, 4) is 11.5 Å². The van der Waals surface area contributed by atoms with Crippen LogP contribution in [0.1, 0.15) is 20.1 Å². The Morgan fingerprint density at radius 3 is 2.63 bits per heavy atom. The lowest BCUT2D eigenvalue weighted by atomic mass is 10.2. The van der Waals surface area contributed by atoms with E-state index in [-0.39, 0.29) is 19.6 Å². The van der Waals surface area contributed by atoms with Crippen LogP contribution < -0.4 is 9.47 Å². The quantitative estimate of drug-likeness (QED) is 0.595. The normalized spacial score (nSPS) is 21.1. The minimum atomic E-state index is -3.36. The first-order valence-corrected chi connectivity index (χ1v) is 10.4. The summed E-state index contributed by atoms with van der Waals surface area (Å²) in [7, 11) is -0.296. The molecule has 1 aliphatic rings. The van der Waals surface area contributed by atoms with Gasteiger partial charge >= 0.3 is 0 Å². The van der Waals surface area contributed by atoms with Gasteiger partial charge in [-0.1, -0.05) is 17.0 Å². The summed E-state index contributed by atoms with van der Waals surface area (Å²) >= 11 is 1.28. The van der Waals surface area contributed by atoms with Gasteiger partial charge in [0.25, 0.3) is 0 Å². The molecule has 0 saturated carbocycles. The number of thiophene rings is 1. The molecule has 1 saturated heterocycles. The minimum Gasteiger partial charge on any atom is -0.497 e. The Kier molecular flexibility index (Phi) is 6.06. The SMILES string of the molecule is COc1ccc(CN2C(O)CN(Cc3ccc(C=O)s3)S2(O)O)c(OC)c1. The number of rotatable bonds is 7. The van der Waals surface area contributed by atoms with Gasteiger partial charge in [0.1, 0.15) is 17.7 Å². The minimum absolute atomic E-state index is 0.0785. The van der Waals surface area contributed by atoms with Crippen molar-refractivity contribution in [2.75, 3.05) is 20.8 Å². The lowest BCUT2D eigenvalue weighted by Gasteiger charge is -2.42. The number of benzene rings is 1. The van der Waals surface area contributed by atoms with Crippen LogP contribution in [0.4, 0.5) is 0 Å². The van der Waals surface area contributed by atoms with Gasteiger partial charge in [-0.2, -0.15) is 8.61 Å². The van der Waals surface area contributed by atoms with Crippen LogP contribution in [-0.2, 0) is 13.1 Å². The topological polar surface area (TPSA) is 103 Å². The van der Waals surface area contributed by atoms with Gasteiger partial charge in [0.05, 0.1) is 38.7 Å². The second-order valence-electron chi connectivity index (χ2n) is 5.97. The molecule has 8 nitrogen and oxygen atoms in total. The van der Waals surface area contributed by atoms with Crippen LogP contribution in [0.25, 0.3) is 0 Å². The number of β-amino-alcohol motifs (C(OH)–C–C–N with tert-alkyl or cyclic N) is 1. The number of hydrogen-bond acceptors (Lipinski definition) is 9. The van der Waals surface area contributed by atoms with Crippen molar-refractivity contribution >= 4 is 28.6 Å². The third-order valence-electron chi connectivity index (χ3n) is 4.31. The maximum atomic E-state index is 10.8. The highest BCUT2D eigenvalue weighted by Crippen LogP contribution is 2.55. The van der Waals surface area contributed by atoms with Crippen LogP contribution in [0.15, 0.2) is 30.3 Å². The zero-order valence-electron chi connectivity index (χ0n) is 14.9. The fourth-order valence-corrected chi connectivity index (χ4v) is 5.47. The molecule has 3 rings (SSSR count). The van der Waals surface area contributed by atoms with Crippen molar-refractivity contribution in [3.05, 3.63) is 45.6 Å². The molecule has 2 aromatic rings. The molecular formula is C17H22N2O6S2. The zero-order valence-corrected chi connectivity index (χ0v) is 16.6. The lowest BCUT2D eigenvalue weighted by Crippen LogP contribution is -2.32. The number of carbonyl (C=O) groups excluding carboxylic acids is 1. The Balaban J connectivity index is 1.79. The summed E-state index contributed by atoms with van der Waals surface area (Å²) in [5.41, 5.74) is 0.693. The lowest BCUT2D eigenvalue weighted by molar-refractivity contribution is 0.0681. The van der Waals surface area contributed by atoms with Crippen molar-refractivity contribution < 1.29 is 28.5 Å². The van der Waals surface area contributed by atoms with Gasteiger partial charge in [0.2, 0.25) is 0 Å².